The van der Waals surface area contributed by atoms with Crippen LogP contribution in [0.25, 0.3) is 11.1 Å². The number of pyridine rings is 1. The quantitative estimate of drug-likeness (QED) is 0.649. The maximum Gasteiger partial charge on any atom is 0.255 e. The van der Waals surface area contributed by atoms with Crippen molar-refractivity contribution < 1.29 is 9.59 Å². The van der Waals surface area contributed by atoms with Crippen LogP contribution in [-0.4, -0.2) is 58.4 Å². The zero-order valence-electron chi connectivity index (χ0n) is 17.3. The summed E-state index contributed by atoms with van der Waals surface area (Å²) in [5, 5.41) is 0. The average Bonchev–Trinajstić information content (AvgIpc) is 3.09. The molecule has 0 aliphatic heterocycles. The number of carbonyl (C=O) groups excluding carboxylic acids is 2. The second-order valence-electron chi connectivity index (χ2n) is 7.17. The van der Waals surface area contributed by atoms with E-state index in [2.05, 4.69) is 4.98 Å². The van der Waals surface area contributed by atoms with Crippen LogP contribution in [0.1, 0.15) is 26.4 Å². The number of likely N-dealkylation sites (N-methyl/N-ethyl adjacent to an activating group) is 2. The van der Waals surface area contributed by atoms with E-state index < -0.39 is 0 Å². The highest BCUT2D eigenvalue weighted by Gasteiger charge is 2.20. The summed E-state index contributed by atoms with van der Waals surface area (Å²) in [6.45, 7) is 2.80. The number of hydrogen-bond donors (Lipinski definition) is 0. The lowest BCUT2D eigenvalue weighted by Crippen LogP contribution is -2.37. The Kier molecular flexibility index (Phi) is 6.12. The molecule has 0 bridgehead atoms. The predicted molar refractivity (Wildman–Crippen MR) is 114 cm³/mol. The molecule has 2 heterocycles. The molecule has 29 heavy (non-hydrogen) atoms. The summed E-state index contributed by atoms with van der Waals surface area (Å²) in [5.41, 5.74) is 3.96. The van der Waals surface area contributed by atoms with Crippen LogP contribution in [-0.2, 0) is 7.05 Å². The number of nitrogens with zero attached hydrogens (tertiary/aromatic N) is 4. The summed E-state index contributed by atoms with van der Waals surface area (Å²) in [6, 6.07) is 13.3. The van der Waals surface area contributed by atoms with E-state index in [9.17, 15) is 9.59 Å². The molecule has 0 fully saturated rings. The van der Waals surface area contributed by atoms with Gasteiger partial charge in [0.15, 0.2) is 0 Å². The fraction of sp³-hybridized carbons (Fsp3) is 0.261. The SMILES string of the molecule is Cc1c(C(=O)N(C)CCN(C)C(=O)c2ccncc2-c2ccccc2)ccn1C. The predicted octanol–water partition coefficient (Wildman–Crippen LogP) is 3.24. The van der Waals surface area contributed by atoms with Gasteiger partial charge in [0.25, 0.3) is 11.8 Å². The molecule has 1 aromatic carbocycles. The van der Waals surface area contributed by atoms with Gasteiger partial charge in [-0.15, -0.1) is 0 Å². The Morgan fingerprint density at radius 2 is 1.55 bits per heavy atom. The highest BCUT2D eigenvalue weighted by atomic mass is 16.2. The zero-order valence-corrected chi connectivity index (χ0v) is 17.3. The summed E-state index contributed by atoms with van der Waals surface area (Å²) < 4.78 is 1.92. The maximum atomic E-state index is 13.0. The molecule has 3 rings (SSSR count). The van der Waals surface area contributed by atoms with Crippen molar-refractivity contribution >= 4 is 11.8 Å². The van der Waals surface area contributed by atoms with Crippen LogP contribution in [0.15, 0.2) is 61.1 Å². The van der Waals surface area contributed by atoms with E-state index in [4.69, 9.17) is 0 Å². The van der Waals surface area contributed by atoms with Gasteiger partial charge in [-0.25, -0.2) is 0 Å². The molecular formula is C23H26N4O2. The van der Waals surface area contributed by atoms with E-state index in [0.29, 0.717) is 24.2 Å². The van der Waals surface area contributed by atoms with Crippen LogP contribution >= 0.6 is 0 Å². The van der Waals surface area contributed by atoms with Gasteiger partial charge in [-0.05, 0) is 24.6 Å². The van der Waals surface area contributed by atoms with Crippen LogP contribution in [0.2, 0.25) is 0 Å². The van der Waals surface area contributed by atoms with E-state index in [-0.39, 0.29) is 11.8 Å². The van der Waals surface area contributed by atoms with Gasteiger partial charge in [0.05, 0.1) is 11.1 Å². The Morgan fingerprint density at radius 3 is 2.14 bits per heavy atom. The number of aryl methyl sites for hydroxylation is 1. The van der Waals surface area contributed by atoms with E-state index in [1.54, 1.807) is 42.4 Å². The molecule has 6 heteroatoms. The summed E-state index contributed by atoms with van der Waals surface area (Å²) in [4.78, 5) is 33.2. The number of hydrogen-bond acceptors (Lipinski definition) is 3. The molecule has 150 valence electrons. The summed E-state index contributed by atoms with van der Waals surface area (Å²) >= 11 is 0. The van der Waals surface area contributed by atoms with Crippen LogP contribution in [0.4, 0.5) is 0 Å². The molecule has 0 saturated heterocycles. The number of rotatable bonds is 6. The van der Waals surface area contributed by atoms with Crippen molar-refractivity contribution in [3.05, 3.63) is 77.9 Å². The molecule has 0 aliphatic rings. The smallest absolute Gasteiger partial charge is 0.255 e. The number of benzene rings is 1. The lowest BCUT2D eigenvalue weighted by Gasteiger charge is -2.23. The second kappa shape index (κ2) is 8.73. The fourth-order valence-electron chi connectivity index (χ4n) is 3.18. The largest absolute Gasteiger partial charge is 0.354 e. The van der Waals surface area contributed by atoms with Crippen LogP contribution in [0.5, 0.6) is 0 Å². The van der Waals surface area contributed by atoms with E-state index in [1.165, 1.54) is 0 Å². The average molecular weight is 390 g/mol. The highest BCUT2D eigenvalue weighted by molar-refractivity contribution is 6.00. The first-order chi connectivity index (χ1) is 13.9. The Balaban J connectivity index is 1.69. The van der Waals surface area contributed by atoms with Gasteiger partial charge in [-0.1, -0.05) is 30.3 Å². The second-order valence-corrected chi connectivity index (χ2v) is 7.17. The molecule has 6 nitrogen and oxygen atoms in total. The first-order valence-corrected chi connectivity index (χ1v) is 9.52. The van der Waals surface area contributed by atoms with Crippen LogP contribution in [0.3, 0.4) is 0 Å². The molecule has 0 radical (unpaired) electrons. The van der Waals surface area contributed by atoms with Crippen molar-refractivity contribution in [2.45, 2.75) is 6.92 Å². The van der Waals surface area contributed by atoms with Crippen molar-refractivity contribution in [2.24, 2.45) is 7.05 Å². The van der Waals surface area contributed by atoms with Crippen molar-refractivity contribution in [1.29, 1.82) is 0 Å². The molecule has 0 N–H and O–H groups in total. The minimum atomic E-state index is -0.0945. The van der Waals surface area contributed by atoms with Crippen molar-refractivity contribution in [3.63, 3.8) is 0 Å². The van der Waals surface area contributed by atoms with Gasteiger partial charge in [0.2, 0.25) is 0 Å². The fourth-order valence-corrected chi connectivity index (χ4v) is 3.18. The Hall–Kier alpha value is -3.41. The number of carbonyl (C=O) groups is 2. The lowest BCUT2D eigenvalue weighted by atomic mass is 10.0. The molecular weight excluding hydrogens is 364 g/mol. The minimum Gasteiger partial charge on any atom is -0.354 e. The van der Waals surface area contributed by atoms with Gasteiger partial charge in [0.1, 0.15) is 0 Å². The maximum absolute atomic E-state index is 13.0. The van der Waals surface area contributed by atoms with Gasteiger partial charge >= 0.3 is 0 Å². The molecule has 0 aliphatic carbocycles. The highest BCUT2D eigenvalue weighted by Crippen LogP contribution is 2.23. The monoisotopic (exact) mass is 390 g/mol. The molecule has 3 aromatic rings. The summed E-state index contributed by atoms with van der Waals surface area (Å²) in [5.74, 6) is -0.138. The normalized spacial score (nSPS) is 10.6. The standard InChI is InChI=1S/C23H26N4O2/c1-17-19(11-13-25(17)2)22(28)26(3)14-15-27(4)23(29)20-10-12-24-16-21(20)18-8-6-5-7-9-18/h5-13,16H,14-15H2,1-4H3. The third-order valence-electron chi connectivity index (χ3n) is 5.21. The molecule has 0 spiro atoms. The van der Waals surface area contributed by atoms with Gasteiger partial charge in [-0.3, -0.25) is 14.6 Å². The van der Waals surface area contributed by atoms with Crippen molar-refractivity contribution in [3.8, 4) is 11.1 Å². The Labute approximate surface area is 171 Å². The zero-order chi connectivity index (χ0) is 21.0. The van der Waals surface area contributed by atoms with Crippen LogP contribution < -0.4 is 0 Å². The molecule has 0 atom stereocenters. The lowest BCUT2D eigenvalue weighted by molar-refractivity contribution is 0.0718. The Bertz CT molecular complexity index is 1010. The number of aromatic nitrogens is 2. The number of amides is 2. The molecule has 0 saturated carbocycles. The summed E-state index contributed by atoms with van der Waals surface area (Å²) in [7, 11) is 5.43. The van der Waals surface area contributed by atoms with Crippen LogP contribution in [0, 0.1) is 6.92 Å². The molecule has 0 unspecified atom stereocenters. The first kappa shape index (κ1) is 20.3. The van der Waals surface area contributed by atoms with Crippen molar-refractivity contribution in [2.75, 3.05) is 27.2 Å². The minimum absolute atomic E-state index is 0.0437. The van der Waals surface area contributed by atoms with Crippen molar-refractivity contribution in [1.82, 2.24) is 19.4 Å². The topological polar surface area (TPSA) is 58.4 Å². The van der Waals surface area contributed by atoms with Gasteiger partial charge in [0, 0.05) is 64.1 Å². The molecule has 2 amide bonds. The van der Waals surface area contributed by atoms with E-state index in [0.717, 1.165) is 16.8 Å². The van der Waals surface area contributed by atoms with Gasteiger partial charge < -0.3 is 14.4 Å². The molecule has 2 aromatic heterocycles. The van der Waals surface area contributed by atoms with E-state index >= 15 is 0 Å². The Morgan fingerprint density at radius 1 is 0.931 bits per heavy atom. The van der Waals surface area contributed by atoms with Gasteiger partial charge in [-0.2, -0.15) is 0 Å². The third-order valence-corrected chi connectivity index (χ3v) is 5.21. The first-order valence-electron chi connectivity index (χ1n) is 9.52. The summed E-state index contributed by atoms with van der Waals surface area (Å²) in [6.07, 6.45) is 5.21. The third kappa shape index (κ3) is 4.37. The van der Waals surface area contributed by atoms with E-state index in [1.807, 2.05) is 61.1 Å².